The Bertz CT molecular complexity index is 143. The summed E-state index contributed by atoms with van der Waals surface area (Å²) >= 11 is 0. The maximum atomic E-state index is 8.95. The van der Waals surface area contributed by atoms with Gasteiger partial charge in [0.05, 0.1) is 5.76 Å². The average Bonchev–Trinajstić information content (AvgIpc) is 1.63. The van der Waals surface area contributed by atoms with Gasteiger partial charge in [-0.25, -0.2) is 0 Å². The molecule has 0 aliphatic carbocycles. The zero-order chi connectivity index (χ0) is 7.28. The van der Waals surface area contributed by atoms with E-state index < -0.39 is 0 Å². The van der Waals surface area contributed by atoms with Crippen LogP contribution in [0.5, 0.6) is 0 Å². The van der Waals surface area contributed by atoms with Crippen molar-refractivity contribution in [3.63, 3.8) is 0 Å². The van der Waals surface area contributed by atoms with Gasteiger partial charge in [-0.2, -0.15) is 0 Å². The van der Waals surface area contributed by atoms with E-state index >= 15 is 0 Å². The van der Waals surface area contributed by atoms with E-state index in [1.54, 1.807) is 12.2 Å². The van der Waals surface area contributed by atoms with E-state index in [0.29, 0.717) is 12.2 Å². The predicted octanol–water partition coefficient (Wildman–Crippen LogP) is 2.58. The Morgan fingerprint density at radius 1 is 1.67 bits per heavy atom. The predicted molar refractivity (Wildman–Crippen MR) is 40.3 cm³/mol. The van der Waals surface area contributed by atoms with E-state index in [4.69, 9.17) is 5.11 Å². The van der Waals surface area contributed by atoms with Crippen LogP contribution in [0.4, 0.5) is 0 Å². The monoisotopic (exact) mass is 124 g/mol. The first-order valence-corrected chi connectivity index (χ1v) is 2.82. The van der Waals surface area contributed by atoms with Crippen LogP contribution in [0.3, 0.4) is 0 Å². The van der Waals surface area contributed by atoms with E-state index in [2.05, 4.69) is 13.2 Å². The molecule has 0 aromatic carbocycles. The summed E-state index contributed by atoms with van der Waals surface area (Å²) in [6.45, 7) is 8.92. The third-order valence-corrected chi connectivity index (χ3v) is 0.766. The number of hydrogen-bond acceptors (Lipinski definition) is 1. The topological polar surface area (TPSA) is 20.2 Å². The summed E-state index contributed by atoms with van der Waals surface area (Å²) in [7, 11) is 0. The summed E-state index contributed by atoms with van der Waals surface area (Å²) in [5.41, 5.74) is 0.856. The van der Waals surface area contributed by atoms with E-state index in [-0.39, 0.29) is 0 Å². The molecule has 9 heavy (non-hydrogen) atoms. The second-order valence-corrected chi connectivity index (χ2v) is 1.97. The lowest BCUT2D eigenvalue weighted by atomic mass is 10.2. The standard InChI is InChI=1S/C8H12O/c1-4-5-8(9)6-7(2)3/h4,6,9H,1-2,5H2,3H3. The van der Waals surface area contributed by atoms with Crippen molar-refractivity contribution in [2.45, 2.75) is 13.3 Å². The molecule has 0 aromatic heterocycles. The third kappa shape index (κ3) is 4.88. The van der Waals surface area contributed by atoms with Gasteiger partial charge in [-0.15, -0.1) is 6.58 Å². The van der Waals surface area contributed by atoms with E-state index in [1.165, 1.54) is 0 Å². The first-order valence-electron chi connectivity index (χ1n) is 2.82. The Balaban J connectivity index is 3.83. The molecule has 0 spiro atoms. The Morgan fingerprint density at radius 3 is 2.56 bits per heavy atom. The van der Waals surface area contributed by atoms with Gasteiger partial charge < -0.3 is 5.11 Å². The van der Waals surface area contributed by atoms with Gasteiger partial charge in [0.15, 0.2) is 0 Å². The maximum absolute atomic E-state index is 8.95. The summed E-state index contributed by atoms with van der Waals surface area (Å²) < 4.78 is 0. The van der Waals surface area contributed by atoms with Crippen molar-refractivity contribution in [2.24, 2.45) is 0 Å². The third-order valence-electron chi connectivity index (χ3n) is 0.766. The van der Waals surface area contributed by atoms with Gasteiger partial charge in [0, 0.05) is 6.42 Å². The van der Waals surface area contributed by atoms with Crippen molar-refractivity contribution in [2.75, 3.05) is 0 Å². The van der Waals surface area contributed by atoms with Crippen molar-refractivity contribution in [3.8, 4) is 0 Å². The summed E-state index contributed by atoms with van der Waals surface area (Å²) in [6, 6.07) is 0. The largest absolute Gasteiger partial charge is 0.512 e. The highest BCUT2D eigenvalue weighted by molar-refractivity contribution is 5.15. The van der Waals surface area contributed by atoms with Crippen LogP contribution < -0.4 is 0 Å². The van der Waals surface area contributed by atoms with Gasteiger partial charge in [0.25, 0.3) is 0 Å². The molecule has 1 N–H and O–H groups in total. The van der Waals surface area contributed by atoms with Crippen LogP contribution >= 0.6 is 0 Å². The quantitative estimate of drug-likeness (QED) is 0.348. The van der Waals surface area contributed by atoms with Gasteiger partial charge in [-0.1, -0.05) is 18.2 Å². The number of aliphatic hydroxyl groups is 1. The maximum Gasteiger partial charge on any atom is 0.0962 e. The van der Waals surface area contributed by atoms with Crippen LogP contribution in [0, 0.1) is 0 Å². The normalized spacial score (nSPS) is 11.0. The molecule has 1 heteroatoms. The minimum absolute atomic E-state index is 0.317. The fraction of sp³-hybridized carbons (Fsp3) is 0.250. The van der Waals surface area contributed by atoms with Crippen molar-refractivity contribution in [1.82, 2.24) is 0 Å². The first kappa shape index (κ1) is 8.02. The van der Waals surface area contributed by atoms with Crippen LogP contribution in [0.2, 0.25) is 0 Å². The molecule has 0 heterocycles. The van der Waals surface area contributed by atoms with Gasteiger partial charge >= 0.3 is 0 Å². The lowest BCUT2D eigenvalue weighted by Crippen LogP contribution is -1.76. The molecule has 0 fully saturated rings. The van der Waals surface area contributed by atoms with Crippen molar-refractivity contribution >= 4 is 0 Å². The number of aliphatic hydroxyl groups excluding tert-OH is 1. The minimum atomic E-state index is 0.317. The molecule has 1 nitrogen and oxygen atoms in total. The minimum Gasteiger partial charge on any atom is -0.512 e. The number of hydrogen-bond donors (Lipinski definition) is 1. The number of allylic oxidation sites excluding steroid dienone is 3. The fourth-order valence-electron chi connectivity index (χ4n) is 0.491. The average molecular weight is 124 g/mol. The van der Waals surface area contributed by atoms with Crippen LogP contribution in [0.15, 0.2) is 36.6 Å². The smallest absolute Gasteiger partial charge is 0.0962 e. The highest BCUT2D eigenvalue weighted by Gasteiger charge is 1.85. The number of rotatable bonds is 3. The Kier molecular flexibility index (Phi) is 3.52. The highest BCUT2D eigenvalue weighted by atomic mass is 16.3. The molecule has 0 unspecified atom stereocenters. The molecule has 0 radical (unpaired) electrons. The van der Waals surface area contributed by atoms with Crippen LogP contribution in [0.25, 0.3) is 0 Å². The van der Waals surface area contributed by atoms with Gasteiger partial charge in [-0.05, 0) is 13.0 Å². The molecule has 0 amide bonds. The summed E-state index contributed by atoms with van der Waals surface area (Å²) in [5.74, 6) is 0.317. The van der Waals surface area contributed by atoms with Gasteiger partial charge in [0.1, 0.15) is 0 Å². The summed E-state index contributed by atoms with van der Waals surface area (Å²) in [4.78, 5) is 0. The molecule has 50 valence electrons. The molecule has 0 bridgehead atoms. The van der Waals surface area contributed by atoms with Crippen molar-refractivity contribution < 1.29 is 5.11 Å². The zero-order valence-corrected chi connectivity index (χ0v) is 5.72. The molecule has 0 aliphatic rings. The molecule has 0 saturated carbocycles. The van der Waals surface area contributed by atoms with Crippen LogP contribution in [-0.4, -0.2) is 5.11 Å². The zero-order valence-electron chi connectivity index (χ0n) is 5.72. The molecular weight excluding hydrogens is 112 g/mol. The van der Waals surface area contributed by atoms with E-state index in [1.807, 2.05) is 6.92 Å². The Morgan fingerprint density at radius 2 is 2.22 bits per heavy atom. The lowest BCUT2D eigenvalue weighted by Gasteiger charge is -1.92. The van der Waals surface area contributed by atoms with Crippen LogP contribution in [0.1, 0.15) is 13.3 Å². The SMILES string of the molecule is C=CCC(O)=CC(=C)C. The molecule has 0 aliphatic heterocycles. The van der Waals surface area contributed by atoms with Gasteiger partial charge in [0.2, 0.25) is 0 Å². The van der Waals surface area contributed by atoms with Crippen molar-refractivity contribution in [1.29, 1.82) is 0 Å². The summed E-state index contributed by atoms with van der Waals surface area (Å²) in [5, 5.41) is 8.95. The molecule has 0 aromatic rings. The van der Waals surface area contributed by atoms with Crippen molar-refractivity contribution in [3.05, 3.63) is 36.6 Å². The second kappa shape index (κ2) is 3.96. The molecule has 0 saturated heterocycles. The molecule has 0 atom stereocenters. The van der Waals surface area contributed by atoms with E-state index in [0.717, 1.165) is 5.57 Å². The summed E-state index contributed by atoms with van der Waals surface area (Å²) in [6.07, 6.45) is 3.79. The Labute approximate surface area is 56.0 Å². The molecule has 0 rings (SSSR count). The highest BCUT2D eigenvalue weighted by Crippen LogP contribution is 2.00. The second-order valence-electron chi connectivity index (χ2n) is 1.97. The Hall–Kier alpha value is -0.980. The molecular formula is C8H12O. The lowest BCUT2D eigenvalue weighted by molar-refractivity contribution is 0.401. The fourth-order valence-corrected chi connectivity index (χ4v) is 0.491. The van der Waals surface area contributed by atoms with Crippen LogP contribution in [-0.2, 0) is 0 Å². The first-order chi connectivity index (χ1) is 4.16. The van der Waals surface area contributed by atoms with Gasteiger partial charge in [-0.3, -0.25) is 0 Å². The van der Waals surface area contributed by atoms with E-state index in [9.17, 15) is 0 Å².